The van der Waals surface area contributed by atoms with Gasteiger partial charge in [-0.15, -0.1) is 0 Å². The summed E-state index contributed by atoms with van der Waals surface area (Å²) in [6, 6.07) is 8.16. The Bertz CT molecular complexity index is 477. The van der Waals surface area contributed by atoms with E-state index in [1.807, 2.05) is 12.1 Å². The van der Waals surface area contributed by atoms with Crippen molar-refractivity contribution in [3.05, 3.63) is 35.4 Å². The van der Waals surface area contributed by atoms with Crippen molar-refractivity contribution in [1.29, 1.82) is 0 Å². The number of hydrogen-bond acceptors (Lipinski definition) is 2. The number of hydrogen-bond donors (Lipinski definition) is 0. The SMILES string of the molecule is Cc1ccccc1CC(=O)N1CCC12CCOCC2. The van der Waals surface area contributed by atoms with Crippen LogP contribution in [0.25, 0.3) is 0 Å². The summed E-state index contributed by atoms with van der Waals surface area (Å²) in [5.41, 5.74) is 2.48. The number of carbonyl (C=O) groups excluding carboxylic acids is 1. The zero-order chi connectivity index (χ0) is 13.3. The third kappa shape index (κ3) is 2.27. The first-order valence-corrected chi connectivity index (χ1v) is 7.14. The Balaban J connectivity index is 1.69. The minimum Gasteiger partial charge on any atom is -0.381 e. The number of likely N-dealkylation sites (tertiary alicyclic amines) is 1. The van der Waals surface area contributed by atoms with E-state index in [4.69, 9.17) is 4.74 Å². The maximum Gasteiger partial charge on any atom is 0.227 e. The van der Waals surface area contributed by atoms with E-state index in [9.17, 15) is 4.79 Å². The molecule has 0 aliphatic carbocycles. The van der Waals surface area contributed by atoms with Crippen LogP contribution in [-0.4, -0.2) is 36.1 Å². The van der Waals surface area contributed by atoms with Crippen molar-refractivity contribution < 1.29 is 9.53 Å². The molecule has 2 fully saturated rings. The van der Waals surface area contributed by atoms with Gasteiger partial charge in [-0.25, -0.2) is 0 Å². The van der Waals surface area contributed by atoms with E-state index in [0.717, 1.165) is 44.6 Å². The molecule has 0 atom stereocenters. The zero-order valence-corrected chi connectivity index (χ0v) is 11.5. The second-order valence-corrected chi connectivity index (χ2v) is 5.74. The van der Waals surface area contributed by atoms with Crippen molar-refractivity contribution in [1.82, 2.24) is 4.90 Å². The Morgan fingerprint density at radius 1 is 1.26 bits per heavy atom. The second kappa shape index (κ2) is 4.97. The minimum absolute atomic E-state index is 0.123. The Morgan fingerprint density at radius 3 is 2.63 bits per heavy atom. The highest BCUT2D eigenvalue weighted by molar-refractivity contribution is 5.80. The van der Waals surface area contributed by atoms with Crippen LogP contribution in [0.15, 0.2) is 24.3 Å². The van der Waals surface area contributed by atoms with E-state index in [0.29, 0.717) is 6.42 Å². The van der Waals surface area contributed by atoms with Crippen molar-refractivity contribution >= 4 is 5.91 Å². The molecule has 0 saturated carbocycles. The average Bonchev–Trinajstić information content (AvgIpc) is 2.41. The number of nitrogens with zero attached hydrogens (tertiary/aromatic N) is 1. The fourth-order valence-corrected chi connectivity index (χ4v) is 3.27. The fraction of sp³-hybridized carbons (Fsp3) is 0.562. The molecular formula is C16H21NO2. The van der Waals surface area contributed by atoms with Gasteiger partial charge in [-0.1, -0.05) is 24.3 Å². The lowest BCUT2D eigenvalue weighted by atomic mass is 9.77. The van der Waals surface area contributed by atoms with Crippen molar-refractivity contribution in [2.75, 3.05) is 19.8 Å². The molecule has 2 aliphatic rings. The van der Waals surface area contributed by atoms with Gasteiger partial charge < -0.3 is 9.64 Å². The van der Waals surface area contributed by atoms with E-state index >= 15 is 0 Å². The standard InChI is InChI=1S/C16H21NO2/c1-13-4-2-3-5-14(13)12-15(18)17-9-6-16(17)7-10-19-11-8-16/h2-5H,6-12H2,1H3. The lowest BCUT2D eigenvalue weighted by molar-refractivity contribution is -0.155. The summed E-state index contributed by atoms with van der Waals surface area (Å²) in [5.74, 6) is 0.280. The molecule has 0 radical (unpaired) electrons. The average molecular weight is 259 g/mol. The first-order chi connectivity index (χ1) is 9.21. The first kappa shape index (κ1) is 12.7. The highest BCUT2D eigenvalue weighted by Crippen LogP contribution is 2.39. The van der Waals surface area contributed by atoms with Gasteiger partial charge in [-0.3, -0.25) is 4.79 Å². The van der Waals surface area contributed by atoms with E-state index in [-0.39, 0.29) is 11.4 Å². The number of benzene rings is 1. The Morgan fingerprint density at radius 2 is 2.00 bits per heavy atom. The normalized spacial score (nSPS) is 21.2. The topological polar surface area (TPSA) is 29.5 Å². The van der Waals surface area contributed by atoms with Crippen LogP contribution in [0.5, 0.6) is 0 Å². The van der Waals surface area contributed by atoms with Gasteiger partial charge in [0.05, 0.1) is 6.42 Å². The third-order valence-corrected chi connectivity index (χ3v) is 4.70. The van der Waals surface area contributed by atoms with Gasteiger partial charge in [0.1, 0.15) is 0 Å². The third-order valence-electron chi connectivity index (χ3n) is 4.70. The quantitative estimate of drug-likeness (QED) is 0.815. The Kier molecular flexibility index (Phi) is 3.31. The molecule has 0 bridgehead atoms. The lowest BCUT2D eigenvalue weighted by Crippen LogP contribution is -2.64. The number of carbonyl (C=O) groups is 1. The van der Waals surface area contributed by atoms with Crippen LogP contribution >= 0.6 is 0 Å². The molecule has 2 aliphatic heterocycles. The highest BCUT2D eigenvalue weighted by atomic mass is 16.5. The van der Waals surface area contributed by atoms with E-state index in [2.05, 4.69) is 24.0 Å². The van der Waals surface area contributed by atoms with E-state index in [1.165, 1.54) is 5.56 Å². The van der Waals surface area contributed by atoms with Gasteiger partial charge in [0.15, 0.2) is 0 Å². The van der Waals surface area contributed by atoms with Crippen LogP contribution in [0, 0.1) is 6.92 Å². The van der Waals surface area contributed by atoms with Crippen molar-refractivity contribution in [3.8, 4) is 0 Å². The predicted octanol–water partition coefficient (Wildman–Crippen LogP) is 2.32. The molecule has 0 N–H and O–H groups in total. The number of amides is 1. The van der Waals surface area contributed by atoms with Gasteiger partial charge >= 0.3 is 0 Å². The molecule has 1 amide bonds. The molecule has 3 heteroatoms. The van der Waals surface area contributed by atoms with Gasteiger partial charge in [0.2, 0.25) is 5.91 Å². The molecule has 19 heavy (non-hydrogen) atoms. The van der Waals surface area contributed by atoms with E-state index < -0.39 is 0 Å². The van der Waals surface area contributed by atoms with Crippen LogP contribution in [0.2, 0.25) is 0 Å². The van der Waals surface area contributed by atoms with Gasteiger partial charge in [0, 0.05) is 25.3 Å². The molecular weight excluding hydrogens is 238 g/mol. The molecule has 1 aromatic rings. The van der Waals surface area contributed by atoms with E-state index in [1.54, 1.807) is 0 Å². The maximum atomic E-state index is 12.5. The second-order valence-electron chi connectivity index (χ2n) is 5.74. The highest BCUT2D eigenvalue weighted by Gasteiger charge is 2.47. The summed E-state index contributed by atoms with van der Waals surface area (Å²) in [6.07, 6.45) is 3.70. The minimum atomic E-state index is 0.123. The predicted molar refractivity (Wildman–Crippen MR) is 74.0 cm³/mol. The fourth-order valence-electron chi connectivity index (χ4n) is 3.27. The largest absolute Gasteiger partial charge is 0.381 e. The number of ether oxygens (including phenoxy) is 1. The summed E-state index contributed by atoms with van der Waals surface area (Å²) in [5, 5.41) is 0. The van der Waals surface area contributed by atoms with Gasteiger partial charge in [-0.05, 0) is 37.3 Å². The van der Waals surface area contributed by atoms with Crippen LogP contribution < -0.4 is 0 Å². The monoisotopic (exact) mass is 259 g/mol. The zero-order valence-electron chi connectivity index (χ0n) is 11.5. The number of aryl methyl sites for hydroxylation is 1. The maximum absolute atomic E-state index is 12.5. The molecule has 1 spiro atoms. The van der Waals surface area contributed by atoms with Crippen LogP contribution in [0.3, 0.4) is 0 Å². The summed E-state index contributed by atoms with van der Waals surface area (Å²) >= 11 is 0. The molecule has 3 nitrogen and oxygen atoms in total. The molecule has 2 heterocycles. The molecule has 0 unspecified atom stereocenters. The van der Waals surface area contributed by atoms with Crippen LogP contribution in [0.4, 0.5) is 0 Å². The summed E-state index contributed by atoms with van der Waals surface area (Å²) in [4.78, 5) is 14.6. The molecule has 3 rings (SSSR count). The summed E-state index contributed by atoms with van der Waals surface area (Å²) in [7, 11) is 0. The van der Waals surface area contributed by atoms with Crippen LogP contribution in [-0.2, 0) is 16.0 Å². The Labute approximate surface area is 114 Å². The van der Waals surface area contributed by atoms with Gasteiger partial charge in [0.25, 0.3) is 0 Å². The van der Waals surface area contributed by atoms with Crippen molar-refractivity contribution in [3.63, 3.8) is 0 Å². The van der Waals surface area contributed by atoms with Crippen molar-refractivity contribution in [2.24, 2.45) is 0 Å². The molecule has 1 aromatic carbocycles. The smallest absolute Gasteiger partial charge is 0.227 e. The summed E-state index contributed by atoms with van der Waals surface area (Å²) < 4.78 is 5.43. The molecule has 102 valence electrons. The Hall–Kier alpha value is -1.35. The number of rotatable bonds is 2. The van der Waals surface area contributed by atoms with Crippen molar-refractivity contribution in [2.45, 2.75) is 38.1 Å². The van der Waals surface area contributed by atoms with Crippen LogP contribution in [0.1, 0.15) is 30.4 Å². The lowest BCUT2D eigenvalue weighted by Gasteiger charge is -2.55. The molecule has 0 aromatic heterocycles. The first-order valence-electron chi connectivity index (χ1n) is 7.14. The molecule has 2 saturated heterocycles. The van der Waals surface area contributed by atoms with Gasteiger partial charge in [-0.2, -0.15) is 0 Å². The summed E-state index contributed by atoms with van der Waals surface area (Å²) in [6.45, 7) is 4.59.